The Bertz CT molecular complexity index is 454. The van der Waals surface area contributed by atoms with E-state index in [1.54, 1.807) is 0 Å². The van der Waals surface area contributed by atoms with E-state index < -0.39 is 0 Å². The van der Waals surface area contributed by atoms with Crippen LogP contribution in [0, 0.1) is 6.92 Å². The molecule has 0 aromatic heterocycles. The first-order chi connectivity index (χ1) is 8.67. The highest BCUT2D eigenvalue weighted by molar-refractivity contribution is 9.10. The maximum atomic E-state index is 11.9. The Morgan fingerprint density at radius 3 is 2.63 bits per heavy atom. The molecule has 5 heteroatoms. The lowest BCUT2D eigenvalue weighted by atomic mass is 10.1. The zero-order valence-electron chi connectivity index (χ0n) is 12.0. The number of aryl methyl sites for hydroxylation is 1. The minimum absolute atomic E-state index is 0.0304. The second-order valence-electron chi connectivity index (χ2n) is 5.67. The van der Waals surface area contributed by atoms with Gasteiger partial charge in [0.05, 0.1) is 6.54 Å². The number of anilines is 1. The van der Waals surface area contributed by atoms with Crippen LogP contribution in [-0.4, -0.2) is 36.5 Å². The van der Waals surface area contributed by atoms with Gasteiger partial charge in [-0.2, -0.15) is 0 Å². The standard InChI is InChI=1S/C14H22BrN3O/c1-10-7-11(15)5-6-12(10)17-13(19)8-18(4)9-14(2,3)16/h5-7H,8-9,16H2,1-4H3,(H,17,19). The molecule has 0 fully saturated rings. The Morgan fingerprint density at radius 1 is 1.47 bits per heavy atom. The summed E-state index contributed by atoms with van der Waals surface area (Å²) < 4.78 is 1.00. The number of nitrogens with zero attached hydrogens (tertiary/aromatic N) is 1. The van der Waals surface area contributed by atoms with Crippen molar-refractivity contribution in [1.82, 2.24) is 4.90 Å². The molecule has 3 N–H and O–H groups in total. The fourth-order valence-electron chi connectivity index (χ4n) is 1.95. The highest BCUT2D eigenvalue weighted by atomic mass is 79.9. The Labute approximate surface area is 123 Å². The lowest BCUT2D eigenvalue weighted by Gasteiger charge is -2.26. The van der Waals surface area contributed by atoms with E-state index in [2.05, 4.69) is 21.2 Å². The first-order valence-electron chi connectivity index (χ1n) is 6.21. The van der Waals surface area contributed by atoms with Crippen LogP contribution >= 0.6 is 15.9 Å². The topological polar surface area (TPSA) is 58.4 Å². The van der Waals surface area contributed by atoms with Gasteiger partial charge in [-0.05, 0) is 51.6 Å². The molecule has 0 bridgehead atoms. The molecule has 0 saturated carbocycles. The smallest absolute Gasteiger partial charge is 0.238 e. The van der Waals surface area contributed by atoms with Crippen molar-refractivity contribution in [1.29, 1.82) is 0 Å². The molecule has 4 nitrogen and oxygen atoms in total. The van der Waals surface area contributed by atoms with E-state index >= 15 is 0 Å². The number of carbonyl (C=O) groups excluding carboxylic acids is 1. The Balaban J connectivity index is 2.56. The van der Waals surface area contributed by atoms with E-state index in [4.69, 9.17) is 5.73 Å². The number of hydrogen-bond donors (Lipinski definition) is 2. The van der Waals surface area contributed by atoms with Crippen molar-refractivity contribution in [2.24, 2.45) is 5.73 Å². The largest absolute Gasteiger partial charge is 0.325 e. The van der Waals surface area contributed by atoms with Crippen molar-refractivity contribution >= 4 is 27.5 Å². The minimum Gasteiger partial charge on any atom is -0.325 e. The predicted molar refractivity (Wildman–Crippen MR) is 83.3 cm³/mol. The van der Waals surface area contributed by atoms with Gasteiger partial charge in [-0.1, -0.05) is 15.9 Å². The van der Waals surface area contributed by atoms with E-state index in [-0.39, 0.29) is 11.4 Å². The van der Waals surface area contributed by atoms with Gasteiger partial charge in [-0.3, -0.25) is 9.69 Å². The number of likely N-dealkylation sites (N-methyl/N-ethyl adjacent to an activating group) is 1. The average molecular weight is 328 g/mol. The molecule has 1 amide bonds. The zero-order chi connectivity index (χ0) is 14.6. The Hall–Kier alpha value is -0.910. The van der Waals surface area contributed by atoms with E-state index in [9.17, 15) is 4.79 Å². The number of rotatable bonds is 5. The molecular formula is C14H22BrN3O. The monoisotopic (exact) mass is 327 g/mol. The van der Waals surface area contributed by atoms with Crippen molar-refractivity contribution in [3.05, 3.63) is 28.2 Å². The summed E-state index contributed by atoms with van der Waals surface area (Å²) in [7, 11) is 1.89. The molecule has 0 aliphatic rings. The Morgan fingerprint density at radius 2 is 2.11 bits per heavy atom. The summed E-state index contributed by atoms with van der Waals surface area (Å²) >= 11 is 3.40. The number of amides is 1. The molecule has 1 rings (SSSR count). The quantitative estimate of drug-likeness (QED) is 0.872. The van der Waals surface area contributed by atoms with Crippen LogP contribution in [0.25, 0.3) is 0 Å². The third kappa shape index (κ3) is 6.18. The van der Waals surface area contributed by atoms with Crippen LogP contribution in [0.15, 0.2) is 22.7 Å². The summed E-state index contributed by atoms with van der Waals surface area (Å²) in [6.07, 6.45) is 0. The summed E-state index contributed by atoms with van der Waals surface area (Å²) in [5, 5.41) is 2.91. The van der Waals surface area contributed by atoms with Gasteiger partial charge in [0.15, 0.2) is 0 Å². The van der Waals surface area contributed by atoms with Gasteiger partial charge in [-0.15, -0.1) is 0 Å². The van der Waals surface area contributed by atoms with Gasteiger partial charge in [0.25, 0.3) is 0 Å². The van der Waals surface area contributed by atoms with Gasteiger partial charge in [0.2, 0.25) is 5.91 Å². The van der Waals surface area contributed by atoms with E-state index in [0.29, 0.717) is 13.1 Å². The van der Waals surface area contributed by atoms with E-state index in [0.717, 1.165) is 15.7 Å². The molecule has 0 heterocycles. The number of nitrogens with one attached hydrogen (secondary N) is 1. The molecule has 19 heavy (non-hydrogen) atoms. The highest BCUT2D eigenvalue weighted by Gasteiger charge is 2.16. The summed E-state index contributed by atoms with van der Waals surface area (Å²) in [5.74, 6) is -0.0304. The zero-order valence-corrected chi connectivity index (χ0v) is 13.5. The van der Waals surface area contributed by atoms with Gasteiger partial charge in [-0.25, -0.2) is 0 Å². The number of halogens is 1. The number of nitrogens with two attached hydrogens (primary N) is 1. The summed E-state index contributed by atoms with van der Waals surface area (Å²) in [6, 6.07) is 5.78. The summed E-state index contributed by atoms with van der Waals surface area (Å²) in [4.78, 5) is 13.9. The van der Waals surface area contributed by atoms with Gasteiger partial charge in [0, 0.05) is 22.2 Å². The number of carbonyl (C=O) groups is 1. The van der Waals surface area contributed by atoms with E-state index in [1.807, 2.05) is 50.9 Å². The SMILES string of the molecule is Cc1cc(Br)ccc1NC(=O)CN(C)CC(C)(C)N. The first kappa shape index (κ1) is 16.1. The number of hydrogen-bond acceptors (Lipinski definition) is 3. The van der Waals surface area contributed by atoms with Crippen molar-refractivity contribution in [3.63, 3.8) is 0 Å². The lowest BCUT2D eigenvalue weighted by Crippen LogP contribution is -2.45. The molecule has 0 aliphatic carbocycles. The second kappa shape index (κ2) is 6.50. The van der Waals surface area contributed by atoms with Crippen molar-refractivity contribution in [3.8, 4) is 0 Å². The van der Waals surface area contributed by atoms with Crippen LogP contribution in [-0.2, 0) is 4.79 Å². The first-order valence-corrected chi connectivity index (χ1v) is 7.00. The summed E-state index contributed by atoms with van der Waals surface area (Å²) in [5.41, 5.74) is 7.50. The van der Waals surface area contributed by atoms with Crippen molar-refractivity contribution in [2.75, 3.05) is 25.5 Å². The maximum absolute atomic E-state index is 11.9. The second-order valence-corrected chi connectivity index (χ2v) is 6.58. The predicted octanol–water partition coefficient (Wildman–Crippen LogP) is 2.37. The molecular weight excluding hydrogens is 306 g/mol. The van der Waals surface area contributed by atoms with Crippen LogP contribution in [0.1, 0.15) is 19.4 Å². The van der Waals surface area contributed by atoms with Gasteiger partial charge < -0.3 is 11.1 Å². The molecule has 0 spiro atoms. The van der Waals surface area contributed by atoms with Crippen molar-refractivity contribution < 1.29 is 4.79 Å². The number of benzene rings is 1. The average Bonchev–Trinajstić information content (AvgIpc) is 2.19. The molecule has 0 saturated heterocycles. The third-order valence-corrected chi connectivity index (χ3v) is 3.05. The van der Waals surface area contributed by atoms with E-state index in [1.165, 1.54) is 0 Å². The molecule has 1 aromatic rings. The molecule has 106 valence electrons. The Kier molecular flexibility index (Phi) is 5.52. The maximum Gasteiger partial charge on any atom is 0.238 e. The third-order valence-electron chi connectivity index (χ3n) is 2.55. The van der Waals surface area contributed by atoms with Gasteiger partial charge >= 0.3 is 0 Å². The molecule has 0 unspecified atom stereocenters. The summed E-state index contributed by atoms with van der Waals surface area (Å²) in [6.45, 7) is 6.85. The van der Waals surface area contributed by atoms with Crippen LogP contribution in [0.3, 0.4) is 0 Å². The molecule has 0 atom stereocenters. The van der Waals surface area contributed by atoms with Gasteiger partial charge in [0.1, 0.15) is 0 Å². The molecule has 0 radical (unpaired) electrons. The fourth-order valence-corrected chi connectivity index (χ4v) is 2.43. The van der Waals surface area contributed by atoms with Crippen LogP contribution < -0.4 is 11.1 Å². The molecule has 0 aliphatic heterocycles. The van der Waals surface area contributed by atoms with Crippen LogP contribution in [0.5, 0.6) is 0 Å². The lowest BCUT2D eigenvalue weighted by molar-refractivity contribution is -0.117. The highest BCUT2D eigenvalue weighted by Crippen LogP contribution is 2.19. The van der Waals surface area contributed by atoms with Crippen LogP contribution in [0.2, 0.25) is 0 Å². The normalized spacial score (nSPS) is 11.7. The van der Waals surface area contributed by atoms with Crippen molar-refractivity contribution in [2.45, 2.75) is 26.3 Å². The molecule has 1 aromatic carbocycles. The van der Waals surface area contributed by atoms with Crippen LogP contribution in [0.4, 0.5) is 5.69 Å². The minimum atomic E-state index is -0.303. The fraction of sp³-hybridized carbons (Fsp3) is 0.500.